The molecule has 1 aliphatic rings. The number of nitrogens with zero attached hydrogens (tertiary/aromatic N) is 1. The van der Waals surface area contributed by atoms with Crippen LogP contribution in [0.3, 0.4) is 0 Å². The van der Waals surface area contributed by atoms with Crippen molar-refractivity contribution in [1.82, 2.24) is 5.32 Å². The number of benzene rings is 1. The summed E-state index contributed by atoms with van der Waals surface area (Å²) in [5, 5.41) is 2.95. The topological polar surface area (TPSA) is 58.4 Å². The first kappa shape index (κ1) is 14.3. The first-order chi connectivity index (χ1) is 9.02. The number of halogens is 1. The average molecular weight is 326 g/mol. The highest BCUT2D eigenvalue weighted by Gasteiger charge is 2.29. The Labute approximate surface area is 122 Å². The summed E-state index contributed by atoms with van der Waals surface area (Å²) in [7, 11) is 0. The molecule has 0 radical (unpaired) electrons. The number of hydrogen-bond donors (Lipinski definition) is 2. The summed E-state index contributed by atoms with van der Waals surface area (Å²) in [6.45, 7) is 6.06. The Morgan fingerprint density at radius 1 is 1.53 bits per heavy atom. The number of nitrogens with one attached hydrogen (secondary N) is 1. The zero-order chi connectivity index (χ0) is 14.0. The van der Waals surface area contributed by atoms with Gasteiger partial charge in [0.25, 0.3) is 0 Å². The van der Waals surface area contributed by atoms with Gasteiger partial charge in [0, 0.05) is 29.8 Å². The summed E-state index contributed by atoms with van der Waals surface area (Å²) in [5.74, 6) is 0.428. The van der Waals surface area contributed by atoms with Crippen molar-refractivity contribution in [2.75, 3.05) is 24.5 Å². The summed E-state index contributed by atoms with van der Waals surface area (Å²) in [4.78, 5) is 14.2. The zero-order valence-electron chi connectivity index (χ0n) is 11.3. The van der Waals surface area contributed by atoms with Crippen LogP contribution in [0.1, 0.15) is 12.5 Å². The third kappa shape index (κ3) is 3.09. The summed E-state index contributed by atoms with van der Waals surface area (Å²) in [5.41, 5.74) is 8.01. The van der Waals surface area contributed by atoms with E-state index < -0.39 is 0 Å². The second-order valence-corrected chi connectivity index (χ2v) is 6.04. The Hall–Kier alpha value is -1.07. The number of anilines is 1. The quantitative estimate of drug-likeness (QED) is 0.869. The number of carbonyl (C=O) groups is 1. The first-order valence-electron chi connectivity index (χ1n) is 6.53. The highest BCUT2D eigenvalue weighted by molar-refractivity contribution is 9.10. The van der Waals surface area contributed by atoms with Gasteiger partial charge in [-0.2, -0.15) is 0 Å². The van der Waals surface area contributed by atoms with Crippen LogP contribution in [0.5, 0.6) is 0 Å². The van der Waals surface area contributed by atoms with Crippen molar-refractivity contribution in [2.45, 2.75) is 19.9 Å². The smallest absolute Gasteiger partial charge is 0.244 e. The van der Waals surface area contributed by atoms with E-state index in [4.69, 9.17) is 5.73 Å². The molecule has 4 nitrogen and oxygen atoms in total. The van der Waals surface area contributed by atoms with E-state index in [9.17, 15) is 4.79 Å². The molecule has 0 saturated carbocycles. The van der Waals surface area contributed by atoms with Crippen LogP contribution in [0, 0.1) is 12.8 Å². The van der Waals surface area contributed by atoms with Gasteiger partial charge in [-0.3, -0.25) is 4.79 Å². The fourth-order valence-electron chi connectivity index (χ4n) is 2.39. The molecule has 104 valence electrons. The lowest BCUT2D eigenvalue weighted by molar-refractivity contribution is -0.121. The van der Waals surface area contributed by atoms with Gasteiger partial charge in [0.15, 0.2) is 0 Å². The molecule has 1 heterocycles. The second-order valence-electron chi connectivity index (χ2n) is 5.19. The molecule has 1 aromatic rings. The summed E-state index contributed by atoms with van der Waals surface area (Å²) in [6.07, 6.45) is 0. The van der Waals surface area contributed by atoms with Crippen LogP contribution in [0.25, 0.3) is 0 Å². The second kappa shape index (κ2) is 5.92. The van der Waals surface area contributed by atoms with E-state index in [1.165, 1.54) is 0 Å². The van der Waals surface area contributed by atoms with Crippen molar-refractivity contribution in [3.05, 3.63) is 28.2 Å². The van der Waals surface area contributed by atoms with Gasteiger partial charge in [-0.25, -0.2) is 0 Å². The lowest BCUT2D eigenvalue weighted by atomic mass is 10.1. The van der Waals surface area contributed by atoms with E-state index in [2.05, 4.69) is 39.1 Å². The minimum atomic E-state index is -0.287. The molecular weight excluding hydrogens is 306 g/mol. The molecule has 0 aromatic heterocycles. The number of amides is 1. The molecule has 19 heavy (non-hydrogen) atoms. The van der Waals surface area contributed by atoms with Crippen molar-refractivity contribution in [3.63, 3.8) is 0 Å². The highest BCUT2D eigenvalue weighted by atomic mass is 79.9. The van der Waals surface area contributed by atoms with Crippen molar-refractivity contribution in [1.29, 1.82) is 0 Å². The molecule has 0 aliphatic carbocycles. The summed E-state index contributed by atoms with van der Waals surface area (Å²) in [6, 6.07) is 5.86. The number of carbonyl (C=O) groups excluding carboxylic acids is 1. The minimum Gasteiger partial charge on any atom is -0.358 e. The molecule has 1 amide bonds. The van der Waals surface area contributed by atoms with Gasteiger partial charge in [0.2, 0.25) is 5.91 Å². The van der Waals surface area contributed by atoms with Gasteiger partial charge in [0.05, 0.1) is 0 Å². The fourth-order valence-corrected chi connectivity index (χ4v) is 2.64. The molecule has 1 saturated heterocycles. The van der Waals surface area contributed by atoms with Gasteiger partial charge in [-0.15, -0.1) is 0 Å². The Morgan fingerprint density at radius 3 is 2.89 bits per heavy atom. The largest absolute Gasteiger partial charge is 0.358 e. The predicted molar refractivity (Wildman–Crippen MR) is 81.2 cm³/mol. The van der Waals surface area contributed by atoms with Crippen LogP contribution in [-0.4, -0.2) is 31.6 Å². The normalized spacial score (nSPS) is 24.0. The molecule has 2 unspecified atom stereocenters. The SMILES string of the molecule is Cc1cc(N2CC(C)CNC(=O)C2CN)ccc1Br. The molecule has 0 bridgehead atoms. The molecule has 0 spiro atoms. The summed E-state index contributed by atoms with van der Waals surface area (Å²) >= 11 is 3.50. The van der Waals surface area contributed by atoms with Gasteiger partial charge in [0.1, 0.15) is 6.04 Å². The number of nitrogens with two attached hydrogens (primary N) is 1. The number of rotatable bonds is 2. The van der Waals surface area contributed by atoms with E-state index in [1.807, 2.05) is 19.1 Å². The van der Waals surface area contributed by atoms with Crippen molar-refractivity contribution in [2.24, 2.45) is 11.7 Å². The molecule has 3 N–H and O–H groups in total. The maximum Gasteiger partial charge on any atom is 0.244 e. The van der Waals surface area contributed by atoms with Crippen LogP contribution in [0.15, 0.2) is 22.7 Å². The van der Waals surface area contributed by atoms with Crippen LogP contribution in [0.2, 0.25) is 0 Å². The highest BCUT2D eigenvalue weighted by Crippen LogP contribution is 2.26. The monoisotopic (exact) mass is 325 g/mol. The van der Waals surface area contributed by atoms with Gasteiger partial charge < -0.3 is 16.0 Å². The van der Waals surface area contributed by atoms with E-state index in [0.717, 1.165) is 22.3 Å². The lowest BCUT2D eigenvalue weighted by Crippen LogP contribution is -2.49. The van der Waals surface area contributed by atoms with Gasteiger partial charge in [-0.1, -0.05) is 22.9 Å². The number of aryl methyl sites for hydroxylation is 1. The third-order valence-corrected chi connectivity index (χ3v) is 4.40. The van der Waals surface area contributed by atoms with Crippen LogP contribution >= 0.6 is 15.9 Å². The van der Waals surface area contributed by atoms with Crippen molar-refractivity contribution in [3.8, 4) is 0 Å². The first-order valence-corrected chi connectivity index (χ1v) is 7.32. The standard InChI is InChI=1S/C14H20BrN3O/c1-9-7-17-14(19)13(6-16)18(8-9)11-3-4-12(15)10(2)5-11/h3-5,9,13H,6-8,16H2,1-2H3,(H,17,19). The van der Waals surface area contributed by atoms with Crippen LogP contribution < -0.4 is 16.0 Å². The van der Waals surface area contributed by atoms with E-state index in [0.29, 0.717) is 19.0 Å². The third-order valence-electron chi connectivity index (χ3n) is 3.51. The maximum atomic E-state index is 12.1. The van der Waals surface area contributed by atoms with E-state index in [-0.39, 0.29) is 11.9 Å². The van der Waals surface area contributed by atoms with E-state index >= 15 is 0 Å². The summed E-state index contributed by atoms with van der Waals surface area (Å²) < 4.78 is 1.08. The average Bonchev–Trinajstić information content (AvgIpc) is 2.52. The van der Waals surface area contributed by atoms with Gasteiger partial charge >= 0.3 is 0 Å². The van der Waals surface area contributed by atoms with Gasteiger partial charge in [-0.05, 0) is 36.6 Å². The zero-order valence-corrected chi connectivity index (χ0v) is 12.9. The van der Waals surface area contributed by atoms with Crippen LogP contribution in [-0.2, 0) is 4.79 Å². The molecule has 1 aliphatic heterocycles. The Kier molecular flexibility index (Phi) is 4.47. The Morgan fingerprint density at radius 2 is 2.26 bits per heavy atom. The predicted octanol–water partition coefficient (Wildman–Crippen LogP) is 1.66. The lowest BCUT2D eigenvalue weighted by Gasteiger charge is -2.31. The fraction of sp³-hybridized carbons (Fsp3) is 0.500. The van der Waals surface area contributed by atoms with Crippen molar-refractivity contribution < 1.29 is 4.79 Å². The van der Waals surface area contributed by atoms with Crippen molar-refractivity contribution >= 4 is 27.5 Å². The molecule has 5 heteroatoms. The molecule has 1 fully saturated rings. The molecule has 2 rings (SSSR count). The van der Waals surface area contributed by atoms with Crippen LogP contribution in [0.4, 0.5) is 5.69 Å². The minimum absolute atomic E-state index is 0.0208. The Bertz CT molecular complexity index is 478. The number of hydrogen-bond acceptors (Lipinski definition) is 3. The van der Waals surface area contributed by atoms with E-state index in [1.54, 1.807) is 0 Å². The molecular formula is C14H20BrN3O. The molecule has 2 atom stereocenters. The Balaban J connectivity index is 2.36. The maximum absolute atomic E-state index is 12.1. The molecule has 1 aromatic carbocycles.